The maximum Gasteiger partial charge on any atom is 0.240 e. The summed E-state index contributed by atoms with van der Waals surface area (Å²) < 4.78 is 26.7. The topological polar surface area (TPSA) is 46.2 Å². The molecular weight excluding hydrogens is 293 g/mol. The predicted octanol–water partition coefficient (Wildman–Crippen LogP) is 3.03. The van der Waals surface area contributed by atoms with Crippen LogP contribution >= 0.6 is 23.2 Å². The van der Waals surface area contributed by atoms with Gasteiger partial charge in [-0.05, 0) is 37.0 Å². The molecule has 0 spiro atoms. The summed E-state index contributed by atoms with van der Waals surface area (Å²) in [4.78, 5) is 0.194. The minimum atomic E-state index is -3.49. The van der Waals surface area contributed by atoms with Gasteiger partial charge >= 0.3 is 0 Å². The molecule has 2 unspecified atom stereocenters. The zero-order valence-corrected chi connectivity index (χ0v) is 12.1. The van der Waals surface area contributed by atoms with E-state index in [0.29, 0.717) is 11.6 Å². The van der Waals surface area contributed by atoms with Gasteiger partial charge in [-0.25, -0.2) is 13.1 Å². The minimum Gasteiger partial charge on any atom is -0.211 e. The number of alkyl halides is 1. The van der Waals surface area contributed by atoms with E-state index >= 15 is 0 Å². The number of rotatable bonds is 4. The second kappa shape index (κ2) is 5.78. The Balaban J connectivity index is 2.03. The van der Waals surface area contributed by atoms with Crippen LogP contribution in [0.3, 0.4) is 0 Å². The molecular formula is C12H15Cl2NO2S. The molecule has 0 saturated heterocycles. The fourth-order valence-corrected chi connectivity index (χ4v) is 3.92. The summed E-state index contributed by atoms with van der Waals surface area (Å²) in [7, 11) is -3.49. The number of hydrogen-bond acceptors (Lipinski definition) is 2. The van der Waals surface area contributed by atoms with Gasteiger partial charge in [-0.3, -0.25) is 0 Å². The van der Waals surface area contributed by atoms with Gasteiger partial charge in [-0.1, -0.05) is 24.1 Å². The fraction of sp³-hybridized carbons (Fsp3) is 0.500. The van der Waals surface area contributed by atoms with Crippen LogP contribution in [0.4, 0.5) is 0 Å². The first-order valence-corrected chi connectivity index (χ1v) is 8.18. The molecule has 1 aromatic carbocycles. The third-order valence-electron chi connectivity index (χ3n) is 3.21. The summed E-state index contributed by atoms with van der Waals surface area (Å²) in [6.07, 6.45) is 3.01. The van der Waals surface area contributed by atoms with E-state index in [1.807, 2.05) is 0 Å². The van der Waals surface area contributed by atoms with Gasteiger partial charge in [0.2, 0.25) is 10.0 Å². The van der Waals surface area contributed by atoms with Crippen molar-refractivity contribution in [3.05, 3.63) is 29.3 Å². The normalized spacial score (nSPS) is 24.3. The molecule has 3 nitrogen and oxygen atoms in total. The van der Waals surface area contributed by atoms with Crippen LogP contribution in [0.5, 0.6) is 0 Å². The van der Waals surface area contributed by atoms with Crippen LogP contribution in [0.25, 0.3) is 0 Å². The Morgan fingerprint density at radius 2 is 2.11 bits per heavy atom. The average molecular weight is 308 g/mol. The maximum atomic E-state index is 12.0. The van der Waals surface area contributed by atoms with Gasteiger partial charge in [0.05, 0.1) is 4.90 Å². The lowest BCUT2D eigenvalue weighted by atomic mass is 10.1. The molecule has 0 aliphatic heterocycles. The van der Waals surface area contributed by atoms with Crippen molar-refractivity contribution in [1.29, 1.82) is 0 Å². The lowest BCUT2D eigenvalue weighted by Crippen LogP contribution is -2.31. The second-order valence-electron chi connectivity index (χ2n) is 4.52. The number of sulfonamides is 1. The Labute approximate surface area is 118 Å². The highest BCUT2D eigenvalue weighted by atomic mass is 35.5. The van der Waals surface area contributed by atoms with Crippen LogP contribution in [-0.4, -0.2) is 20.3 Å². The fourth-order valence-electron chi connectivity index (χ4n) is 2.16. The molecule has 2 atom stereocenters. The van der Waals surface area contributed by atoms with Crippen molar-refractivity contribution in [3.63, 3.8) is 0 Å². The van der Waals surface area contributed by atoms with E-state index in [1.54, 1.807) is 12.1 Å². The first-order chi connectivity index (χ1) is 8.49. The van der Waals surface area contributed by atoms with Gasteiger partial charge in [-0.15, -0.1) is 11.6 Å². The molecule has 0 heterocycles. The van der Waals surface area contributed by atoms with Gasteiger partial charge in [0, 0.05) is 16.9 Å². The molecule has 18 heavy (non-hydrogen) atoms. The predicted molar refractivity (Wildman–Crippen MR) is 73.6 cm³/mol. The van der Waals surface area contributed by atoms with Gasteiger partial charge in [0.1, 0.15) is 0 Å². The average Bonchev–Trinajstić information content (AvgIpc) is 2.72. The Hall–Kier alpha value is -0.290. The van der Waals surface area contributed by atoms with E-state index in [0.717, 1.165) is 19.3 Å². The van der Waals surface area contributed by atoms with Gasteiger partial charge in [-0.2, -0.15) is 0 Å². The molecule has 1 aromatic rings. The number of nitrogens with one attached hydrogen (secondary N) is 1. The summed E-state index contributed by atoms with van der Waals surface area (Å²) >= 11 is 11.9. The van der Waals surface area contributed by atoms with E-state index in [-0.39, 0.29) is 16.2 Å². The number of benzene rings is 1. The summed E-state index contributed by atoms with van der Waals surface area (Å²) in [6, 6.07) is 6.24. The SMILES string of the molecule is O=S(=O)(NCC1CCCC1Cl)c1cccc(Cl)c1. The van der Waals surface area contributed by atoms with Crippen molar-refractivity contribution in [2.45, 2.75) is 29.5 Å². The molecule has 1 fully saturated rings. The van der Waals surface area contributed by atoms with Crippen molar-refractivity contribution in [1.82, 2.24) is 4.72 Å². The Morgan fingerprint density at radius 3 is 2.72 bits per heavy atom. The van der Waals surface area contributed by atoms with E-state index in [2.05, 4.69) is 4.72 Å². The number of halogens is 2. The molecule has 0 radical (unpaired) electrons. The summed E-state index contributed by atoms with van der Waals surface area (Å²) in [6.45, 7) is 0.392. The minimum absolute atomic E-state index is 0.0760. The van der Waals surface area contributed by atoms with Gasteiger partial charge in [0.15, 0.2) is 0 Å². The first kappa shape index (κ1) is 14.1. The van der Waals surface area contributed by atoms with Crippen molar-refractivity contribution < 1.29 is 8.42 Å². The highest BCUT2D eigenvalue weighted by molar-refractivity contribution is 7.89. The maximum absolute atomic E-state index is 12.0. The molecule has 2 rings (SSSR count). The molecule has 0 amide bonds. The highest BCUT2D eigenvalue weighted by Crippen LogP contribution is 2.29. The molecule has 0 bridgehead atoms. The zero-order chi connectivity index (χ0) is 13.2. The van der Waals surface area contributed by atoms with Gasteiger partial charge in [0.25, 0.3) is 0 Å². The van der Waals surface area contributed by atoms with E-state index in [1.165, 1.54) is 12.1 Å². The monoisotopic (exact) mass is 307 g/mol. The standard InChI is InChI=1S/C12H15Cl2NO2S/c13-10-4-2-5-11(7-10)18(16,17)15-8-9-3-1-6-12(9)14/h2,4-5,7,9,12,15H,1,3,6,8H2. The van der Waals surface area contributed by atoms with Crippen LogP contribution in [-0.2, 0) is 10.0 Å². The van der Waals surface area contributed by atoms with Crippen molar-refractivity contribution in [2.24, 2.45) is 5.92 Å². The molecule has 6 heteroatoms. The Bertz CT molecular complexity index is 519. The van der Waals surface area contributed by atoms with E-state index in [9.17, 15) is 8.42 Å². The largest absolute Gasteiger partial charge is 0.240 e. The third kappa shape index (κ3) is 3.38. The number of hydrogen-bond donors (Lipinski definition) is 1. The van der Waals surface area contributed by atoms with Crippen LogP contribution in [0.2, 0.25) is 5.02 Å². The third-order valence-corrected chi connectivity index (χ3v) is 5.44. The van der Waals surface area contributed by atoms with Crippen LogP contribution in [0.15, 0.2) is 29.2 Å². The van der Waals surface area contributed by atoms with Crippen LogP contribution < -0.4 is 4.72 Å². The molecule has 100 valence electrons. The summed E-state index contributed by atoms with van der Waals surface area (Å²) in [5.41, 5.74) is 0. The van der Waals surface area contributed by atoms with Crippen LogP contribution in [0.1, 0.15) is 19.3 Å². The zero-order valence-electron chi connectivity index (χ0n) is 9.77. The van der Waals surface area contributed by atoms with Gasteiger partial charge < -0.3 is 0 Å². The highest BCUT2D eigenvalue weighted by Gasteiger charge is 2.26. The Morgan fingerprint density at radius 1 is 1.33 bits per heavy atom. The second-order valence-corrected chi connectivity index (χ2v) is 7.28. The quantitative estimate of drug-likeness (QED) is 0.869. The summed E-state index contributed by atoms with van der Waals surface area (Å²) in [5.74, 6) is 0.223. The van der Waals surface area contributed by atoms with E-state index < -0.39 is 10.0 Å². The molecule has 1 N–H and O–H groups in total. The molecule has 1 aliphatic carbocycles. The van der Waals surface area contributed by atoms with Crippen LogP contribution in [0, 0.1) is 5.92 Å². The summed E-state index contributed by atoms with van der Waals surface area (Å²) in [5, 5.41) is 0.487. The molecule has 1 aliphatic rings. The van der Waals surface area contributed by atoms with Crippen molar-refractivity contribution >= 4 is 33.2 Å². The smallest absolute Gasteiger partial charge is 0.211 e. The molecule has 0 aromatic heterocycles. The first-order valence-electron chi connectivity index (χ1n) is 5.88. The lowest BCUT2D eigenvalue weighted by Gasteiger charge is -2.14. The Kier molecular flexibility index (Phi) is 4.54. The van der Waals surface area contributed by atoms with Crippen molar-refractivity contribution in [3.8, 4) is 0 Å². The van der Waals surface area contributed by atoms with E-state index in [4.69, 9.17) is 23.2 Å². The molecule has 1 saturated carbocycles. The lowest BCUT2D eigenvalue weighted by molar-refractivity contribution is 0.523. The van der Waals surface area contributed by atoms with Crippen molar-refractivity contribution in [2.75, 3.05) is 6.54 Å².